The van der Waals surface area contributed by atoms with Crippen LogP contribution in [0.5, 0.6) is 11.5 Å². The van der Waals surface area contributed by atoms with Crippen molar-refractivity contribution in [3.8, 4) is 11.5 Å². The predicted octanol–water partition coefficient (Wildman–Crippen LogP) is 3.20. The summed E-state index contributed by atoms with van der Waals surface area (Å²) in [6.07, 6.45) is 0.697. The molecule has 0 amide bonds. The van der Waals surface area contributed by atoms with Gasteiger partial charge in [-0.05, 0) is 35.3 Å². The Hall–Kier alpha value is -2.58. The molecule has 0 radical (unpaired) electrons. The molecule has 4 nitrogen and oxygen atoms in total. The quantitative estimate of drug-likeness (QED) is 0.491. The topological polar surface area (TPSA) is 39.9 Å². The summed E-state index contributed by atoms with van der Waals surface area (Å²) in [7, 11) is 0. The predicted molar refractivity (Wildman–Crippen MR) is 80.6 cm³/mol. The van der Waals surface area contributed by atoms with E-state index in [4.69, 9.17) is 16.0 Å². The summed E-state index contributed by atoms with van der Waals surface area (Å²) in [6.45, 7) is 9.66. The highest BCUT2D eigenvalue weighted by atomic mass is 16.5. The molecule has 0 aromatic heterocycles. The SMILES string of the molecule is [C-]#[N+]c1ccc(Oc2ccc3c(c2)COB3C)c(C=O)c1. The van der Waals surface area contributed by atoms with Gasteiger partial charge in [0.05, 0.1) is 13.2 Å². The van der Waals surface area contributed by atoms with Gasteiger partial charge in [0, 0.05) is 5.56 Å². The van der Waals surface area contributed by atoms with Crippen molar-refractivity contribution in [2.45, 2.75) is 13.4 Å². The zero-order valence-electron chi connectivity index (χ0n) is 11.5. The Bertz CT molecular complexity index is 752. The van der Waals surface area contributed by atoms with E-state index in [1.54, 1.807) is 12.1 Å². The fourth-order valence-electron chi connectivity index (χ4n) is 2.39. The van der Waals surface area contributed by atoms with Crippen molar-refractivity contribution in [3.63, 3.8) is 0 Å². The average Bonchev–Trinajstić information content (AvgIpc) is 2.88. The van der Waals surface area contributed by atoms with Gasteiger partial charge in [-0.25, -0.2) is 4.85 Å². The van der Waals surface area contributed by atoms with Gasteiger partial charge >= 0.3 is 6.92 Å². The first kappa shape index (κ1) is 13.4. The molecule has 0 saturated heterocycles. The van der Waals surface area contributed by atoms with Crippen molar-refractivity contribution in [3.05, 3.63) is 58.9 Å². The summed E-state index contributed by atoms with van der Waals surface area (Å²) in [5.41, 5.74) is 3.06. The first-order valence-corrected chi connectivity index (χ1v) is 6.60. The van der Waals surface area contributed by atoms with Crippen LogP contribution < -0.4 is 10.2 Å². The monoisotopic (exact) mass is 277 g/mol. The lowest BCUT2D eigenvalue weighted by atomic mass is 9.64. The fraction of sp³-hybridized carbons (Fsp3) is 0.125. The van der Waals surface area contributed by atoms with Crippen LogP contribution in [0.1, 0.15) is 15.9 Å². The van der Waals surface area contributed by atoms with E-state index in [1.165, 1.54) is 11.5 Å². The van der Waals surface area contributed by atoms with Crippen LogP contribution >= 0.6 is 0 Å². The Labute approximate surface area is 123 Å². The van der Waals surface area contributed by atoms with Crippen LogP contribution in [0, 0.1) is 6.57 Å². The highest BCUT2D eigenvalue weighted by molar-refractivity contribution is 6.67. The van der Waals surface area contributed by atoms with Crippen molar-refractivity contribution in [1.29, 1.82) is 0 Å². The van der Waals surface area contributed by atoms with Gasteiger partial charge in [-0.15, -0.1) is 0 Å². The number of carbonyl (C=O) groups is 1. The van der Waals surface area contributed by atoms with Crippen LogP contribution in [0.3, 0.4) is 0 Å². The molecule has 102 valence electrons. The second kappa shape index (κ2) is 5.43. The zero-order valence-corrected chi connectivity index (χ0v) is 11.5. The molecule has 0 aliphatic carbocycles. The van der Waals surface area contributed by atoms with Gasteiger partial charge in [-0.3, -0.25) is 4.79 Å². The van der Waals surface area contributed by atoms with E-state index < -0.39 is 0 Å². The van der Waals surface area contributed by atoms with Crippen LogP contribution in [0.15, 0.2) is 36.4 Å². The normalized spacial score (nSPS) is 12.7. The smallest absolute Gasteiger partial charge is 0.324 e. The summed E-state index contributed by atoms with van der Waals surface area (Å²) < 4.78 is 11.3. The molecule has 0 atom stereocenters. The van der Waals surface area contributed by atoms with Gasteiger partial charge in [-0.1, -0.05) is 19.0 Å². The molecule has 3 rings (SSSR count). The zero-order chi connectivity index (χ0) is 14.8. The highest BCUT2D eigenvalue weighted by Gasteiger charge is 2.23. The Morgan fingerprint density at radius 3 is 2.95 bits per heavy atom. The van der Waals surface area contributed by atoms with Crippen molar-refractivity contribution in [1.82, 2.24) is 0 Å². The van der Waals surface area contributed by atoms with Gasteiger partial charge in [0.2, 0.25) is 0 Å². The summed E-state index contributed by atoms with van der Waals surface area (Å²) in [6, 6.07) is 10.6. The summed E-state index contributed by atoms with van der Waals surface area (Å²) >= 11 is 0. The number of hydrogen-bond acceptors (Lipinski definition) is 3. The van der Waals surface area contributed by atoms with Crippen molar-refractivity contribution in [2.24, 2.45) is 0 Å². The van der Waals surface area contributed by atoms with Gasteiger partial charge in [0.25, 0.3) is 0 Å². The van der Waals surface area contributed by atoms with E-state index in [9.17, 15) is 4.79 Å². The Morgan fingerprint density at radius 2 is 2.19 bits per heavy atom. The molecule has 0 fully saturated rings. The molecule has 0 N–H and O–H groups in total. The minimum Gasteiger partial charge on any atom is -0.457 e. The van der Waals surface area contributed by atoms with E-state index in [2.05, 4.69) is 4.85 Å². The molecule has 1 aliphatic rings. The van der Waals surface area contributed by atoms with Gasteiger partial charge in [-0.2, -0.15) is 0 Å². The van der Waals surface area contributed by atoms with E-state index in [0.29, 0.717) is 35.6 Å². The van der Waals surface area contributed by atoms with Crippen molar-refractivity contribution < 1.29 is 14.2 Å². The maximum atomic E-state index is 11.1. The molecule has 0 saturated carbocycles. The molecule has 2 aromatic carbocycles. The molecular formula is C16H12BNO3. The lowest BCUT2D eigenvalue weighted by molar-refractivity contribution is 0.112. The number of aldehydes is 1. The number of ether oxygens (including phenoxy) is 1. The minimum absolute atomic E-state index is 0.109. The highest BCUT2D eigenvalue weighted by Crippen LogP contribution is 2.29. The second-order valence-corrected chi connectivity index (χ2v) is 4.87. The molecule has 0 bridgehead atoms. The number of fused-ring (bicyclic) bond motifs is 1. The number of benzene rings is 2. The Morgan fingerprint density at radius 1 is 1.33 bits per heavy atom. The molecule has 5 heteroatoms. The molecule has 0 spiro atoms. The van der Waals surface area contributed by atoms with E-state index in [0.717, 1.165) is 5.56 Å². The largest absolute Gasteiger partial charge is 0.457 e. The van der Waals surface area contributed by atoms with Crippen LogP contribution in [-0.4, -0.2) is 13.2 Å². The fourth-order valence-corrected chi connectivity index (χ4v) is 2.39. The molecular weight excluding hydrogens is 265 g/mol. The van der Waals surface area contributed by atoms with E-state index in [-0.39, 0.29) is 6.92 Å². The Kier molecular flexibility index (Phi) is 3.47. The van der Waals surface area contributed by atoms with Crippen molar-refractivity contribution >= 4 is 24.4 Å². The average molecular weight is 277 g/mol. The van der Waals surface area contributed by atoms with Gasteiger partial charge < -0.3 is 9.39 Å². The third-order valence-electron chi connectivity index (χ3n) is 3.52. The van der Waals surface area contributed by atoms with E-state index >= 15 is 0 Å². The Balaban J connectivity index is 1.91. The maximum Gasteiger partial charge on any atom is 0.324 e. The lowest BCUT2D eigenvalue weighted by Gasteiger charge is -2.09. The van der Waals surface area contributed by atoms with Crippen molar-refractivity contribution in [2.75, 3.05) is 0 Å². The summed E-state index contributed by atoms with van der Waals surface area (Å²) in [5.74, 6) is 1.11. The standard InChI is InChI=1S/C16H12BNO3/c1-17-15-5-4-14(8-12(15)10-20-17)21-16-6-3-13(18-2)7-11(16)9-19/h3-9H,10H2,1H3. The van der Waals surface area contributed by atoms with E-state index in [1.807, 2.05) is 25.0 Å². The van der Waals surface area contributed by atoms with Crippen LogP contribution in [0.2, 0.25) is 6.82 Å². The number of nitrogens with zero attached hydrogens (tertiary/aromatic N) is 1. The first-order chi connectivity index (χ1) is 10.2. The lowest BCUT2D eigenvalue weighted by Crippen LogP contribution is -2.23. The number of rotatable bonds is 3. The number of hydrogen-bond donors (Lipinski definition) is 0. The first-order valence-electron chi connectivity index (χ1n) is 6.60. The molecule has 0 unspecified atom stereocenters. The summed E-state index contributed by atoms with van der Waals surface area (Å²) in [4.78, 5) is 14.4. The molecule has 2 aromatic rings. The third kappa shape index (κ3) is 2.54. The number of carbonyl (C=O) groups excluding carboxylic acids is 1. The second-order valence-electron chi connectivity index (χ2n) is 4.87. The van der Waals surface area contributed by atoms with Gasteiger partial charge in [0.15, 0.2) is 12.0 Å². The molecule has 1 heterocycles. The molecule has 21 heavy (non-hydrogen) atoms. The van der Waals surface area contributed by atoms with Crippen LogP contribution in [0.25, 0.3) is 4.85 Å². The molecule has 1 aliphatic heterocycles. The van der Waals surface area contributed by atoms with Gasteiger partial charge in [0.1, 0.15) is 11.5 Å². The third-order valence-corrected chi connectivity index (χ3v) is 3.52. The minimum atomic E-state index is 0.109. The van der Waals surface area contributed by atoms with Crippen LogP contribution in [0.4, 0.5) is 5.69 Å². The maximum absolute atomic E-state index is 11.1. The van der Waals surface area contributed by atoms with Crippen LogP contribution in [-0.2, 0) is 11.3 Å². The summed E-state index contributed by atoms with van der Waals surface area (Å²) in [5, 5.41) is 0.